The van der Waals surface area contributed by atoms with Crippen LogP contribution < -0.4 is 11.1 Å². The highest BCUT2D eigenvalue weighted by molar-refractivity contribution is 8.14. The second-order valence-electron chi connectivity index (χ2n) is 4.77. The van der Waals surface area contributed by atoms with Crippen LogP contribution >= 0.6 is 11.8 Å². The van der Waals surface area contributed by atoms with Gasteiger partial charge in [0.1, 0.15) is 16.3 Å². The van der Waals surface area contributed by atoms with Crippen LogP contribution in [0.25, 0.3) is 0 Å². The van der Waals surface area contributed by atoms with Crippen LogP contribution in [0.5, 0.6) is 0 Å². The highest BCUT2D eigenvalue weighted by Crippen LogP contribution is 2.30. The van der Waals surface area contributed by atoms with E-state index in [9.17, 15) is 18.0 Å². The van der Waals surface area contributed by atoms with Crippen molar-refractivity contribution in [2.75, 3.05) is 12.8 Å². The maximum atomic E-state index is 12.6. The van der Waals surface area contributed by atoms with Crippen LogP contribution in [0.4, 0.5) is 13.2 Å². The molecule has 1 amide bonds. The molecule has 0 saturated heterocycles. The summed E-state index contributed by atoms with van der Waals surface area (Å²) in [5.74, 6) is -1.07. The van der Waals surface area contributed by atoms with Gasteiger partial charge in [0.05, 0.1) is 5.57 Å². The summed E-state index contributed by atoms with van der Waals surface area (Å²) in [6.07, 6.45) is -4.26. The first-order valence-electron chi connectivity index (χ1n) is 5.72. The summed E-state index contributed by atoms with van der Waals surface area (Å²) >= 11 is 1.01. The monoisotopic (exact) mass is 311 g/mol. The molecular weight excluding hydrogens is 295 g/mol. The lowest BCUT2D eigenvalue weighted by molar-refractivity contribution is -0.119. The van der Waals surface area contributed by atoms with E-state index >= 15 is 0 Å². The van der Waals surface area contributed by atoms with Crippen molar-refractivity contribution in [2.45, 2.75) is 32.0 Å². The zero-order chi connectivity index (χ0) is 15.6. The van der Waals surface area contributed by atoms with Crippen molar-refractivity contribution < 1.29 is 22.8 Å². The van der Waals surface area contributed by atoms with Crippen LogP contribution in [0.2, 0.25) is 0 Å². The third kappa shape index (κ3) is 4.32. The summed E-state index contributed by atoms with van der Waals surface area (Å²) in [6, 6.07) is 0. The summed E-state index contributed by atoms with van der Waals surface area (Å²) in [5, 5.41) is 6.45. The van der Waals surface area contributed by atoms with E-state index in [1.165, 1.54) is 7.05 Å². The molecule has 0 aromatic rings. The van der Waals surface area contributed by atoms with E-state index in [1.807, 2.05) is 13.8 Å². The third-order valence-electron chi connectivity index (χ3n) is 2.49. The fourth-order valence-corrected chi connectivity index (χ4v) is 2.56. The van der Waals surface area contributed by atoms with E-state index in [2.05, 4.69) is 10.5 Å². The Hall–Kier alpha value is -1.38. The molecule has 1 rings (SSSR count). The predicted octanol–water partition coefficient (Wildman–Crippen LogP) is 1.75. The minimum atomic E-state index is -4.74. The minimum Gasteiger partial charge on any atom is -0.394 e. The number of rotatable bonds is 3. The van der Waals surface area contributed by atoms with Gasteiger partial charge >= 0.3 is 6.18 Å². The number of allylic oxidation sites excluding steroid dienone is 1. The number of amides is 1. The van der Waals surface area contributed by atoms with Crippen molar-refractivity contribution >= 4 is 22.7 Å². The number of nitrogens with zero attached hydrogens (tertiary/aromatic N) is 1. The van der Waals surface area contributed by atoms with E-state index in [0.29, 0.717) is 11.5 Å². The Balaban J connectivity index is 2.81. The lowest BCUT2D eigenvalue weighted by Crippen LogP contribution is -2.30. The van der Waals surface area contributed by atoms with Gasteiger partial charge in [0.15, 0.2) is 0 Å². The summed E-state index contributed by atoms with van der Waals surface area (Å²) in [6.45, 7) is 3.62. The predicted molar refractivity (Wildman–Crippen MR) is 71.0 cm³/mol. The zero-order valence-corrected chi connectivity index (χ0v) is 12.1. The molecule has 20 heavy (non-hydrogen) atoms. The summed E-state index contributed by atoms with van der Waals surface area (Å²) in [7, 11) is 1.25. The maximum absolute atomic E-state index is 12.6. The topological polar surface area (TPSA) is 76.7 Å². The second-order valence-corrected chi connectivity index (χ2v) is 5.82. The van der Waals surface area contributed by atoms with E-state index in [-0.39, 0.29) is 5.75 Å². The van der Waals surface area contributed by atoms with E-state index in [0.717, 1.165) is 11.8 Å². The van der Waals surface area contributed by atoms with Gasteiger partial charge in [-0.25, -0.2) is 0 Å². The highest BCUT2D eigenvalue weighted by atomic mass is 32.2. The summed E-state index contributed by atoms with van der Waals surface area (Å²) in [5.41, 5.74) is 2.64. The van der Waals surface area contributed by atoms with Crippen molar-refractivity contribution in [3.63, 3.8) is 0 Å². The molecule has 0 spiro atoms. The molecule has 0 radical (unpaired) electrons. The number of carbonyl (C=O) groups is 1. The number of nitrogens with one attached hydrogen (secondary N) is 1. The Morgan fingerprint density at radius 1 is 1.55 bits per heavy atom. The molecule has 1 aliphatic rings. The van der Waals surface area contributed by atoms with E-state index in [4.69, 9.17) is 10.6 Å². The Labute approximate surface area is 118 Å². The molecule has 5 nitrogen and oxygen atoms in total. The van der Waals surface area contributed by atoms with Gasteiger partial charge in [-0.1, -0.05) is 5.16 Å². The molecule has 1 aliphatic heterocycles. The Bertz CT molecular complexity index is 458. The molecule has 0 fully saturated rings. The Morgan fingerprint density at radius 2 is 2.15 bits per heavy atom. The van der Waals surface area contributed by atoms with Gasteiger partial charge in [0.25, 0.3) is 0 Å². The number of alkyl halides is 3. The van der Waals surface area contributed by atoms with Gasteiger partial charge < -0.3 is 15.9 Å². The van der Waals surface area contributed by atoms with Crippen molar-refractivity contribution in [3.8, 4) is 0 Å². The number of carbonyl (C=O) groups excluding carboxylic acids is 1. The number of oxime groups is 1. The smallest absolute Gasteiger partial charge is 0.394 e. The van der Waals surface area contributed by atoms with Gasteiger partial charge in [-0.2, -0.15) is 13.2 Å². The van der Waals surface area contributed by atoms with Crippen molar-refractivity contribution in [2.24, 2.45) is 10.9 Å². The standard InChI is InChI=1S/C11H16F3N3O2S/c1-10(2)4-7(17-19-10)20-5-6(9(18)16-3)8(15)11(12,13)14/h4-5,15H2,1-3H3,(H,16,18). The van der Waals surface area contributed by atoms with Gasteiger partial charge in [-0.05, 0) is 13.8 Å². The van der Waals surface area contributed by atoms with Gasteiger partial charge in [-0.15, -0.1) is 11.8 Å². The fraction of sp³-hybridized carbons (Fsp3) is 0.636. The second kappa shape index (κ2) is 5.94. The normalized spacial score (nSPS) is 19.0. The Kier molecular flexibility index (Phi) is 4.95. The minimum absolute atomic E-state index is 0.219. The van der Waals surface area contributed by atoms with Crippen molar-refractivity contribution in [3.05, 3.63) is 11.3 Å². The summed E-state index contributed by atoms with van der Waals surface area (Å²) < 4.78 is 37.8. The van der Waals surface area contributed by atoms with Crippen LogP contribution in [0.1, 0.15) is 20.3 Å². The third-order valence-corrected chi connectivity index (χ3v) is 3.47. The van der Waals surface area contributed by atoms with Gasteiger partial charge in [0.2, 0.25) is 5.91 Å². The van der Waals surface area contributed by atoms with Crippen LogP contribution in [-0.4, -0.2) is 35.5 Å². The van der Waals surface area contributed by atoms with E-state index < -0.39 is 29.0 Å². The molecule has 0 aliphatic carbocycles. The molecule has 0 aromatic heterocycles. The molecule has 0 saturated carbocycles. The number of thioether (sulfide) groups is 1. The fourth-order valence-electron chi connectivity index (χ4n) is 1.42. The SMILES string of the molecule is CNC(=O)C(CSC1=NOC(C)(C)C1)=C(N)C(F)(F)F. The molecule has 0 aromatic carbocycles. The lowest BCUT2D eigenvalue weighted by Gasteiger charge is -2.14. The number of likely N-dealkylation sites (N-methyl/N-ethyl adjacent to an activating group) is 1. The highest BCUT2D eigenvalue weighted by Gasteiger charge is 2.36. The molecule has 0 bridgehead atoms. The number of halogens is 3. The largest absolute Gasteiger partial charge is 0.431 e. The molecule has 114 valence electrons. The molecule has 1 heterocycles. The van der Waals surface area contributed by atoms with Crippen molar-refractivity contribution in [1.82, 2.24) is 5.32 Å². The Morgan fingerprint density at radius 3 is 2.55 bits per heavy atom. The summed E-state index contributed by atoms with van der Waals surface area (Å²) in [4.78, 5) is 16.6. The van der Waals surface area contributed by atoms with Crippen LogP contribution in [0.3, 0.4) is 0 Å². The average molecular weight is 311 g/mol. The van der Waals surface area contributed by atoms with Crippen LogP contribution in [0.15, 0.2) is 16.4 Å². The van der Waals surface area contributed by atoms with Crippen LogP contribution in [0, 0.1) is 0 Å². The first-order chi connectivity index (χ1) is 9.07. The lowest BCUT2D eigenvalue weighted by atomic mass is 10.1. The molecule has 9 heteroatoms. The first kappa shape index (κ1) is 16.7. The van der Waals surface area contributed by atoms with Crippen LogP contribution in [-0.2, 0) is 9.63 Å². The van der Waals surface area contributed by atoms with E-state index in [1.54, 1.807) is 0 Å². The molecule has 0 unspecified atom stereocenters. The van der Waals surface area contributed by atoms with Crippen molar-refractivity contribution in [1.29, 1.82) is 0 Å². The molecular formula is C11H16F3N3O2S. The quantitative estimate of drug-likeness (QED) is 0.779. The van der Waals surface area contributed by atoms with Gasteiger partial charge in [0, 0.05) is 19.2 Å². The zero-order valence-electron chi connectivity index (χ0n) is 11.3. The molecule has 3 N–H and O–H groups in total. The number of hydrogen-bond donors (Lipinski definition) is 2. The van der Waals surface area contributed by atoms with Gasteiger partial charge in [-0.3, -0.25) is 4.79 Å². The molecule has 0 atom stereocenters. The number of nitrogens with two attached hydrogens (primary N) is 1. The first-order valence-corrected chi connectivity index (χ1v) is 6.71. The number of hydrogen-bond acceptors (Lipinski definition) is 5. The average Bonchev–Trinajstić information content (AvgIpc) is 2.67. The maximum Gasteiger partial charge on any atom is 0.431 e.